The van der Waals surface area contributed by atoms with Gasteiger partial charge in [0.2, 0.25) is 0 Å². The lowest BCUT2D eigenvalue weighted by molar-refractivity contribution is 0.871. The maximum absolute atomic E-state index is 5.47. The van der Waals surface area contributed by atoms with Gasteiger partial charge in [0.1, 0.15) is 5.82 Å². The average molecular weight is 215 g/mol. The molecule has 0 saturated heterocycles. The van der Waals surface area contributed by atoms with Crippen molar-refractivity contribution < 1.29 is 0 Å². The number of nitrogens with two attached hydrogens (primary N) is 1. The number of nitrogens with zero attached hydrogens (tertiary/aromatic N) is 1. The zero-order valence-corrected chi connectivity index (χ0v) is 9.53. The number of aryl methyl sites for hydroxylation is 1. The first kappa shape index (κ1) is 10.9. The van der Waals surface area contributed by atoms with Gasteiger partial charge in [-0.15, -0.1) is 0 Å². The highest BCUT2D eigenvalue weighted by Crippen LogP contribution is 2.23. The van der Waals surface area contributed by atoms with E-state index in [0.29, 0.717) is 6.54 Å². The van der Waals surface area contributed by atoms with Crippen LogP contribution in [-0.2, 0) is 0 Å². The van der Waals surface area contributed by atoms with Crippen molar-refractivity contribution in [2.75, 3.05) is 18.4 Å². The van der Waals surface area contributed by atoms with Crippen molar-refractivity contribution in [1.82, 2.24) is 4.98 Å². The summed E-state index contributed by atoms with van der Waals surface area (Å²) < 4.78 is 0. The second-order valence-electron chi connectivity index (χ2n) is 3.90. The van der Waals surface area contributed by atoms with Crippen LogP contribution < -0.4 is 11.1 Å². The van der Waals surface area contributed by atoms with E-state index < -0.39 is 0 Å². The molecule has 2 aromatic rings. The highest BCUT2D eigenvalue weighted by Gasteiger charge is 2.02. The number of fused-ring (bicyclic) bond motifs is 1. The van der Waals surface area contributed by atoms with Gasteiger partial charge in [0.05, 0.1) is 0 Å². The van der Waals surface area contributed by atoms with Gasteiger partial charge in [0.25, 0.3) is 0 Å². The van der Waals surface area contributed by atoms with Crippen LogP contribution in [0.15, 0.2) is 30.5 Å². The van der Waals surface area contributed by atoms with Crippen molar-refractivity contribution in [3.8, 4) is 0 Å². The predicted molar refractivity (Wildman–Crippen MR) is 68.6 cm³/mol. The van der Waals surface area contributed by atoms with Crippen LogP contribution in [0, 0.1) is 6.92 Å². The van der Waals surface area contributed by atoms with Crippen LogP contribution in [0.1, 0.15) is 12.0 Å². The summed E-state index contributed by atoms with van der Waals surface area (Å²) in [5, 5.41) is 5.76. The SMILES string of the molecule is Cc1cccc2c(NCCCN)nccc12. The van der Waals surface area contributed by atoms with E-state index in [2.05, 4.69) is 41.5 Å². The highest BCUT2D eigenvalue weighted by atomic mass is 15.0. The van der Waals surface area contributed by atoms with Gasteiger partial charge in [0.15, 0.2) is 0 Å². The van der Waals surface area contributed by atoms with Crippen LogP contribution in [0.4, 0.5) is 5.82 Å². The summed E-state index contributed by atoms with van der Waals surface area (Å²) in [6.07, 6.45) is 2.81. The molecule has 0 atom stereocenters. The van der Waals surface area contributed by atoms with Gasteiger partial charge in [-0.25, -0.2) is 4.98 Å². The molecule has 0 aliphatic rings. The molecule has 3 nitrogen and oxygen atoms in total. The minimum Gasteiger partial charge on any atom is -0.370 e. The first-order valence-corrected chi connectivity index (χ1v) is 5.61. The van der Waals surface area contributed by atoms with Gasteiger partial charge in [-0.2, -0.15) is 0 Å². The second-order valence-corrected chi connectivity index (χ2v) is 3.90. The van der Waals surface area contributed by atoms with Crippen LogP contribution in [0.3, 0.4) is 0 Å². The van der Waals surface area contributed by atoms with Gasteiger partial charge in [-0.05, 0) is 36.9 Å². The Morgan fingerprint density at radius 1 is 1.25 bits per heavy atom. The maximum atomic E-state index is 5.47. The largest absolute Gasteiger partial charge is 0.370 e. The zero-order chi connectivity index (χ0) is 11.4. The fourth-order valence-electron chi connectivity index (χ4n) is 1.81. The van der Waals surface area contributed by atoms with Crippen LogP contribution in [0.2, 0.25) is 0 Å². The molecule has 0 saturated carbocycles. The van der Waals surface area contributed by atoms with E-state index in [1.807, 2.05) is 6.20 Å². The lowest BCUT2D eigenvalue weighted by Crippen LogP contribution is -2.09. The zero-order valence-electron chi connectivity index (χ0n) is 9.53. The summed E-state index contributed by atoms with van der Waals surface area (Å²) >= 11 is 0. The fraction of sp³-hybridized carbons (Fsp3) is 0.308. The van der Waals surface area contributed by atoms with Crippen molar-refractivity contribution in [2.45, 2.75) is 13.3 Å². The van der Waals surface area contributed by atoms with Gasteiger partial charge in [0, 0.05) is 18.1 Å². The lowest BCUT2D eigenvalue weighted by Gasteiger charge is -2.09. The molecular formula is C13H17N3. The predicted octanol–water partition coefficient (Wildman–Crippen LogP) is 2.30. The van der Waals surface area contributed by atoms with Gasteiger partial charge >= 0.3 is 0 Å². The Labute approximate surface area is 95.7 Å². The number of aromatic nitrogens is 1. The summed E-state index contributed by atoms with van der Waals surface area (Å²) in [6.45, 7) is 3.69. The van der Waals surface area contributed by atoms with E-state index in [9.17, 15) is 0 Å². The summed E-state index contributed by atoms with van der Waals surface area (Å²) in [7, 11) is 0. The Bertz CT molecular complexity index is 480. The summed E-state index contributed by atoms with van der Waals surface area (Å²) in [5.74, 6) is 0.953. The van der Waals surface area contributed by atoms with E-state index in [-0.39, 0.29) is 0 Å². The third kappa shape index (κ3) is 2.14. The fourth-order valence-corrected chi connectivity index (χ4v) is 1.81. The molecule has 16 heavy (non-hydrogen) atoms. The topological polar surface area (TPSA) is 50.9 Å². The molecule has 1 heterocycles. The molecule has 0 spiro atoms. The van der Waals surface area contributed by atoms with Crippen molar-refractivity contribution in [3.05, 3.63) is 36.0 Å². The van der Waals surface area contributed by atoms with Crippen molar-refractivity contribution >= 4 is 16.6 Å². The van der Waals surface area contributed by atoms with Crippen molar-refractivity contribution in [2.24, 2.45) is 5.73 Å². The molecule has 0 radical (unpaired) electrons. The first-order valence-electron chi connectivity index (χ1n) is 5.61. The molecule has 0 aliphatic carbocycles. The van der Waals surface area contributed by atoms with E-state index in [0.717, 1.165) is 18.8 Å². The number of rotatable bonds is 4. The number of benzene rings is 1. The normalized spacial score (nSPS) is 10.6. The summed E-state index contributed by atoms with van der Waals surface area (Å²) in [5.41, 5.74) is 6.75. The number of anilines is 1. The molecule has 3 heteroatoms. The Morgan fingerprint density at radius 3 is 2.94 bits per heavy atom. The molecule has 0 fully saturated rings. The number of hydrogen-bond acceptors (Lipinski definition) is 3. The molecule has 0 amide bonds. The Kier molecular flexibility index (Phi) is 3.37. The van der Waals surface area contributed by atoms with E-state index >= 15 is 0 Å². The molecule has 2 rings (SSSR count). The van der Waals surface area contributed by atoms with Gasteiger partial charge < -0.3 is 11.1 Å². The third-order valence-corrected chi connectivity index (χ3v) is 2.70. The van der Waals surface area contributed by atoms with Crippen LogP contribution in [0.25, 0.3) is 10.8 Å². The number of nitrogens with one attached hydrogen (secondary N) is 1. The molecule has 0 aliphatic heterocycles. The smallest absolute Gasteiger partial charge is 0.133 e. The standard InChI is InChI=1S/C13H17N3/c1-10-4-2-5-12-11(10)6-9-16-13(12)15-8-3-7-14/h2,4-6,9H,3,7-8,14H2,1H3,(H,15,16). The van der Waals surface area contributed by atoms with Crippen LogP contribution in [-0.4, -0.2) is 18.1 Å². The lowest BCUT2D eigenvalue weighted by atomic mass is 10.1. The molecular weight excluding hydrogens is 198 g/mol. The summed E-state index contributed by atoms with van der Waals surface area (Å²) in [6, 6.07) is 8.33. The van der Waals surface area contributed by atoms with E-state index in [1.54, 1.807) is 0 Å². The molecule has 1 aromatic carbocycles. The molecule has 0 unspecified atom stereocenters. The molecule has 3 N–H and O–H groups in total. The van der Waals surface area contributed by atoms with Gasteiger partial charge in [-0.1, -0.05) is 18.2 Å². The Hall–Kier alpha value is -1.61. The van der Waals surface area contributed by atoms with E-state index in [1.165, 1.54) is 16.3 Å². The minimum atomic E-state index is 0.705. The summed E-state index contributed by atoms with van der Waals surface area (Å²) in [4.78, 5) is 4.37. The highest BCUT2D eigenvalue weighted by molar-refractivity contribution is 5.93. The van der Waals surface area contributed by atoms with Crippen molar-refractivity contribution in [3.63, 3.8) is 0 Å². The van der Waals surface area contributed by atoms with Gasteiger partial charge in [-0.3, -0.25) is 0 Å². The Balaban J connectivity index is 2.34. The van der Waals surface area contributed by atoms with Crippen molar-refractivity contribution in [1.29, 1.82) is 0 Å². The molecule has 1 aromatic heterocycles. The van der Waals surface area contributed by atoms with Crippen LogP contribution in [0.5, 0.6) is 0 Å². The maximum Gasteiger partial charge on any atom is 0.133 e. The minimum absolute atomic E-state index is 0.705. The second kappa shape index (κ2) is 4.94. The first-order chi connectivity index (χ1) is 7.83. The number of hydrogen-bond donors (Lipinski definition) is 2. The monoisotopic (exact) mass is 215 g/mol. The molecule has 0 bridgehead atoms. The number of pyridine rings is 1. The van der Waals surface area contributed by atoms with E-state index in [4.69, 9.17) is 5.73 Å². The third-order valence-electron chi connectivity index (χ3n) is 2.70. The quantitative estimate of drug-likeness (QED) is 0.769. The van der Waals surface area contributed by atoms with Crippen LogP contribution >= 0.6 is 0 Å². The average Bonchev–Trinajstić information content (AvgIpc) is 2.31. The molecule has 84 valence electrons. The Morgan fingerprint density at radius 2 is 2.12 bits per heavy atom.